The molecule has 3 aromatic rings. The molecule has 0 amide bonds. The van der Waals surface area contributed by atoms with Crippen molar-refractivity contribution in [1.29, 1.82) is 0 Å². The number of hydrogen-bond donors (Lipinski definition) is 1. The summed E-state index contributed by atoms with van der Waals surface area (Å²) in [6.45, 7) is 12.1. The first-order valence-corrected chi connectivity index (χ1v) is 12.0. The number of anilines is 1. The van der Waals surface area contributed by atoms with Gasteiger partial charge in [-0.2, -0.15) is 0 Å². The summed E-state index contributed by atoms with van der Waals surface area (Å²) in [7, 11) is 0. The molecule has 5 rings (SSSR count). The summed E-state index contributed by atoms with van der Waals surface area (Å²) in [5.41, 5.74) is 3.18. The summed E-state index contributed by atoms with van der Waals surface area (Å²) < 4.78 is 7.11. The number of para-hydroxylation sites is 1. The molecule has 0 radical (unpaired) electrons. The first kappa shape index (κ1) is 21.9. The highest BCUT2D eigenvalue weighted by atomic mass is 16.5. The molecule has 1 atom stereocenters. The third-order valence-electron chi connectivity index (χ3n) is 7.46. The van der Waals surface area contributed by atoms with Gasteiger partial charge in [0.25, 0.3) is 0 Å². The van der Waals surface area contributed by atoms with Crippen molar-refractivity contribution in [2.24, 2.45) is 4.99 Å². The number of aliphatic hydroxyl groups excluding tert-OH is 1. The van der Waals surface area contributed by atoms with Gasteiger partial charge in [-0.05, 0) is 50.0 Å². The maximum atomic E-state index is 9.96. The summed E-state index contributed by atoms with van der Waals surface area (Å²) in [6.07, 6.45) is 1.97. The van der Waals surface area contributed by atoms with E-state index in [0.29, 0.717) is 6.54 Å². The van der Waals surface area contributed by atoms with Crippen molar-refractivity contribution in [2.45, 2.75) is 45.4 Å². The third kappa shape index (κ3) is 3.17. The SMILES string of the molecule is CCN(CC)Cc1cc2ccccc2c2c1OC1(C=N2)N(CCO)c2ccccc2C1(C)C. The molecule has 0 aliphatic carbocycles. The van der Waals surface area contributed by atoms with Crippen LogP contribution in [0.1, 0.15) is 38.8 Å². The van der Waals surface area contributed by atoms with Gasteiger partial charge in [0, 0.05) is 29.7 Å². The second-order valence-electron chi connectivity index (χ2n) is 9.47. The molecular formula is C28H33N3O2. The minimum absolute atomic E-state index is 0.0419. The number of aliphatic imine (C=N–C) groups is 1. The van der Waals surface area contributed by atoms with Crippen molar-refractivity contribution >= 4 is 28.4 Å². The molecule has 2 aliphatic heterocycles. The van der Waals surface area contributed by atoms with E-state index in [1.165, 1.54) is 10.9 Å². The maximum absolute atomic E-state index is 9.96. The Morgan fingerprint density at radius 2 is 1.76 bits per heavy atom. The highest BCUT2D eigenvalue weighted by Gasteiger charge is 2.59. The molecular weight excluding hydrogens is 410 g/mol. The van der Waals surface area contributed by atoms with Crippen LogP contribution in [0.25, 0.3) is 10.8 Å². The van der Waals surface area contributed by atoms with E-state index in [-0.39, 0.29) is 12.0 Å². The van der Waals surface area contributed by atoms with Crippen molar-refractivity contribution in [3.8, 4) is 5.75 Å². The lowest BCUT2D eigenvalue weighted by Gasteiger charge is -2.46. The van der Waals surface area contributed by atoms with Crippen LogP contribution in [0.2, 0.25) is 0 Å². The lowest BCUT2D eigenvalue weighted by atomic mass is 9.77. The van der Waals surface area contributed by atoms with Gasteiger partial charge in [-0.3, -0.25) is 9.89 Å². The first-order chi connectivity index (χ1) is 16.0. The molecule has 33 heavy (non-hydrogen) atoms. The fourth-order valence-corrected chi connectivity index (χ4v) is 5.49. The van der Waals surface area contributed by atoms with E-state index in [4.69, 9.17) is 9.73 Å². The average Bonchev–Trinajstić information content (AvgIpc) is 3.01. The van der Waals surface area contributed by atoms with E-state index in [1.54, 1.807) is 0 Å². The lowest BCUT2D eigenvalue weighted by molar-refractivity contribution is 0.0722. The van der Waals surface area contributed by atoms with Crippen molar-refractivity contribution in [3.63, 3.8) is 0 Å². The average molecular weight is 444 g/mol. The number of benzene rings is 3. The summed E-state index contributed by atoms with van der Waals surface area (Å²) in [4.78, 5) is 9.68. The zero-order chi connectivity index (χ0) is 23.2. The zero-order valence-corrected chi connectivity index (χ0v) is 20.0. The second kappa shape index (κ2) is 8.15. The Bertz CT molecular complexity index is 1210. The van der Waals surface area contributed by atoms with E-state index in [1.807, 2.05) is 12.3 Å². The molecule has 2 aliphatic rings. The highest BCUT2D eigenvalue weighted by Crippen LogP contribution is 2.55. The Hall–Kier alpha value is -2.89. The molecule has 0 saturated heterocycles. The van der Waals surface area contributed by atoms with E-state index < -0.39 is 5.72 Å². The number of nitrogens with zero attached hydrogens (tertiary/aromatic N) is 3. The second-order valence-corrected chi connectivity index (χ2v) is 9.47. The van der Waals surface area contributed by atoms with Crippen LogP contribution in [-0.4, -0.2) is 48.2 Å². The van der Waals surface area contributed by atoms with E-state index in [0.717, 1.165) is 47.7 Å². The predicted octanol–water partition coefficient (Wildman–Crippen LogP) is 5.26. The van der Waals surface area contributed by atoms with Crippen molar-refractivity contribution in [3.05, 3.63) is 65.7 Å². The van der Waals surface area contributed by atoms with Crippen LogP contribution in [-0.2, 0) is 12.0 Å². The fraction of sp³-hybridized carbons (Fsp3) is 0.393. The van der Waals surface area contributed by atoms with Crippen LogP contribution >= 0.6 is 0 Å². The van der Waals surface area contributed by atoms with E-state index in [9.17, 15) is 5.11 Å². The predicted molar refractivity (Wildman–Crippen MR) is 136 cm³/mol. The largest absolute Gasteiger partial charge is 0.459 e. The summed E-state index contributed by atoms with van der Waals surface area (Å²) in [6, 6.07) is 19.1. The smallest absolute Gasteiger partial charge is 0.229 e. The van der Waals surface area contributed by atoms with Gasteiger partial charge in [0.05, 0.1) is 18.2 Å². The first-order valence-electron chi connectivity index (χ1n) is 12.0. The molecule has 0 fully saturated rings. The Labute approximate surface area is 196 Å². The Balaban J connectivity index is 1.72. The summed E-state index contributed by atoms with van der Waals surface area (Å²) in [5.74, 6) is 0.854. The monoisotopic (exact) mass is 443 g/mol. The molecule has 1 spiro atoms. The molecule has 3 aromatic carbocycles. The van der Waals surface area contributed by atoms with Crippen LogP contribution in [0.5, 0.6) is 5.75 Å². The zero-order valence-electron chi connectivity index (χ0n) is 20.0. The van der Waals surface area contributed by atoms with Crippen LogP contribution in [0.15, 0.2) is 59.6 Å². The highest BCUT2D eigenvalue weighted by molar-refractivity contribution is 6.00. The fourth-order valence-electron chi connectivity index (χ4n) is 5.49. The van der Waals surface area contributed by atoms with Gasteiger partial charge in [-0.1, -0.05) is 56.3 Å². The number of hydrogen-bond acceptors (Lipinski definition) is 5. The molecule has 0 saturated carbocycles. The Morgan fingerprint density at radius 1 is 1.03 bits per heavy atom. The number of rotatable bonds is 6. The van der Waals surface area contributed by atoms with Crippen LogP contribution in [0.4, 0.5) is 11.4 Å². The molecule has 2 heterocycles. The summed E-state index contributed by atoms with van der Waals surface area (Å²) >= 11 is 0. The normalized spacial score (nSPS) is 20.4. The number of β-amino-alcohol motifs (C(OH)–C–C–N with tert-alkyl or cyclic N) is 1. The molecule has 1 N–H and O–H groups in total. The Kier molecular flexibility index (Phi) is 5.42. The third-order valence-corrected chi connectivity index (χ3v) is 7.46. The Morgan fingerprint density at radius 3 is 2.52 bits per heavy atom. The quantitative estimate of drug-likeness (QED) is 0.564. The minimum atomic E-state index is -0.813. The molecule has 1 unspecified atom stereocenters. The van der Waals surface area contributed by atoms with Gasteiger partial charge in [0.2, 0.25) is 5.72 Å². The van der Waals surface area contributed by atoms with Gasteiger partial charge < -0.3 is 14.7 Å². The molecule has 0 bridgehead atoms. The van der Waals surface area contributed by atoms with Gasteiger partial charge in [0.1, 0.15) is 5.69 Å². The van der Waals surface area contributed by atoms with E-state index >= 15 is 0 Å². The van der Waals surface area contributed by atoms with Gasteiger partial charge in [0.15, 0.2) is 5.75 Å². The van der Waals surface area contributed by atoms with Gasteiger partial charge >= 0.3 is 0 Å². The number of aliphatic hydroxyl groups is 1. The van der Waals surface area contributed by atoms with Crippen LogP contribution in [0.3, 0.4) is 0 Å². The molecule has 0 aromatic heterocycles. The molecule has 5 heteroatoms. The van der Waals surface area contributed by atoms with Crippen molar-refractivity contribution < 1.29 is 9.84 Å². The van der Waals surface area contributed by atoms with Crippen LogP contribution < -0.4 is 9.64 Å². The van der Waals surface area contributed by atoms with Gasteiger partial charge in [-0.15, -0.1) is 0 Å². The number of ether oxygens (including phenoxy) is 1. The number of fused-ring (bicyclic) bond motifs is 4. The molecule has 172 valence electrons. The topological polar surface area (TPSA) is 48.3 Å². The van der Waals surface area contributed by atoms with Crippen molar-refractivity contribution in [1.82, 2.24) is 4.90 Å². The maximum Gasteiger partial charge on any atom is 0.229 e. The van der Waals surface area contributed by atoms with Gasteiger partial charge in [-0.25, -0.2) is 0 Å². The minimum Gasteiger partial charge on any atom is -0.459 e. The molecule has 5 nitrogen and oxygen atoms in total. The van der Waals surface area contributed by atoms with Crippen LogP contribution in [0, 0.1) is 0 Å². The van der Waals surface area contributed by atoms with E-state index in [2.05, 4.69) is 86.0 Å². The van der Waals surface area contributed by atoms with Crippen molar-refractivity contribution in [2.75, 3.05) is 31.1 Å². The standard InChI is InChI=1S/C28H33N3O2/c1-5-30(6-2)18-21-17-20-11-7-8-12-22(20)25-26(21)33-28(19-29-25)27(3,4)23-13-9-10-14-24(23)31(28)15-16-32/h7-14,17,19,32H,5-6,15-16,18H2,1-4H3. The summed E-state index contributed by atoms with van der Waals surface area (Å²) in [5, 5.41) is 12.2. The lowest BCUT2D eigenvalue weighted by Crippen LogP contribution is -2.62.